The molecule has 1 aliphatic heterocycles. The highest BCUT2D eigenvalue weighted by Crippen LogP contribution is 2.23. The quantitative estimate of drug-likeness (QED) is 0.789. The highest BCUT2D eigenvalue weighted by atomic mass is 79.9. The van der Waals surface area contributed by atoms with Crippen molar-refractivity contribution in [2.75, 3.05) is 27.3 Å². The van der Waals surface area contributed by atoms with Crippen LogP contribution in [0.5, 0.6) is 0 Å². The lowest BCUT2D eigenvalue weighted by atomic mass is 10.1. The second-order valence-electron chi connectivity index (χ2n) is 5.03. The van der Waals surface area contributed by atoms with Gasteiger partial charge in [0.2, 0.25) is 0 Å². The zero-order chi connectivity index (χ0) is 14.5. The standard InChI is InChI=1S/C15H20BrNO3/c1-19-13-4-3-7-17(10-13)9-12-6-5-11(8-14(12)16)15(18)20-2/h5-6,8,13H,3-4,7,9-10H2,1-2H3. The lowest BCUT2D eigenvalue weighted by molar-refractivity contribution is 0.0285. The van der Waals surface area contributed by atoms with Crippen LogP contribution in [0, 0.1) is 0 Å². The molecule has 0 aliphatic carbocycles. The number of ether oxygens (including phenoxy) is 2. The van der Waals surface area contributed by atoms with Crippen LogP contribution in [0.4, 0.5) is 0 Å². The molecule has 1 aromatic carbocycles. The first-order valence-electron chi connectivity index (χ1n) is 6.76. The van der Waals surface area contributed by atoms with Gasteiger partial charge in [0.15, 0.2) is 0 Å². The smallest absolute Gasteiger partial charge is 0.337 e. The second kappa shape index (κ2) is 7.20. The van der Waals surface area contributed by atoms with E-state index in [0.717, 1.165) is 36.9 Å². The van der Waals surface area contributed by atoms with E-state index in [0.29, 0.717) is 11.7 Å². The molecule has 1 aliphatic rings. The Labute approximate surface area is 128 Å². The predicted octanol–water partition coefficient (Wildman–Crippen LogP) is 2.85. The Kier molecular flexibility index (Phi) is 5.57. The molecule has 1 heterocycles. The molecule has 1 atom stereocenters. The van der Waals surface area contributed by atoms with Gasteiger partial charge < -0.3 is 9.47 Å². The number of halogens is 1. The fourth-order valence-electron chi connectivity index (χ4n) is 2.51. The number of benzene rings is 1. The minimum absolute atomic E-state index is 0.310. The van der Waals surface area contributed by atoms with Gasteiger partial charge >= 0.3 is 5.97 Å². The van der Waals surface area contributed by atoms with Crippen molar-refractivity contribution in [3.05, 3.63) is 33.8 Å². The summed E-state index contributed by atoms with van der Waals surface area (Å²) < 4.78 is 11.1. The number of esters is 1. The van der Waals surface area contributed by atoms with Crippen LogP contribution in [0.1, 0.15) is 28.8 Å². The number of piperidine rings is 1. The summed E-state index contributed by atoms with van der Waals surface area (Å²) in [6, 6.07) is 5.61. The molecule has 1 unspecified atom stereocenters. The van der Waals surface area contributed by atoms with E-state index < -0.39 is 0 Å². The van der Waals surface area contributed by atoms with E-state index in [4.69, 9.17) is 9.47 Å². The first-order chi connectivity index (χ1) is 9.63. The summed E-state index contributed by atoms with van der Waals surface area (Å²) in [5.41, 5.74) is 1.74. The number of carbonyl (C=O) groups is 1. The minimum Gasteiger partial charge on any atom is -0.465 e. The molecule has 0 saturated carbocycles. The van der Waals surface area contributed by atoms with E-state index in [1.54, 1.807) is 7.11 Å². The molecule has 0 N–H and O–H groups in total. The largest absolute Gasteiger partial charge is 0.465 e. The van der Waals surface area contributed by atoms with Crippen molar-refractivity contribution in [3.8, 4) is 0 Å². The normalized spacial score (nSPS) is 19.9. The molecule has 0 aromatic heterocycles. The first-order valence-corrected chi connectivity index (χ1v) is 7.55. The highest BCUT2D eigenvalue weighted by molar-refractivity contribution is 9.10. The lowest BCUT2D eigenvalue weighted by Gasteiger charge is -2.32. The number of likely N-dealkylation sites (tertiary alicyclic amines) is 1. The van der Waals surface area contributed by atoms with Crippen LogP contribution in [0.15, 0.2) is 22.7 Å². The van der Waals surface area contributed by atoms with Gasteiger partial charge in [-0.15, -0.1) is 0 Å². The Morgan fingerprint density at radius 2 is 2.25 bits per heavy atom. The maximum atomic E-state index is 11.5. The van der Waals surface area contributed by atoms with Gasteiger partial charge in [-0.1, -0.05) is 22.0 Å². The monoisotopic (exact) mass is 341 g/mol. The molecule has 1 fully saturated rings. The van der Waals surface area contributed by atoms with Crippen molar-refractivity contribution in [2.45, 2.75) is 25.5 Å². The molecular weight excluding hydrogens is 322 g/mol. The van der Waals surface area contributed by atoms with Gasteiger partial charge in [0, 0.05) is 24.7 Å². The minimum atomic E-state index is -0.310. The van der Waals surface area contributed by atoms with E-state index in [-0.39, 0.29) is 5.97 Å². The Balaban J connectivity index is 2.04. The Morgan fingerprint density at radius 3 is 2.90 bits per heavy atom. The summed E-state index contributed by atoms with van der Waals surface area (Å²) in [7, 11) is 3.16. The van der Waals surface area contributed by atoms with Crippen LogP contribution in [0.2, 0.25) is 0 Å². The maximum absolute atomic E-state index is 11.5. The molecule has 0 spiro atoms. The van der Waals surface area contributed by atoms with Crippen LogP contribution in [-0.2, 0) is 16.0 Å². The number of carbonyl (C=O) groups excluding carboxylic acids is 1. The van der Waals surface area contributed by atoms with Gasteiger partial charge in [-0.05, 0) is 37.1 Å². The van der Waals surface area contributed by atoms with E-state index >= 15 is 0 Å². The third kappa shape index (κ3) is 3.81. The van der Waals surface area contributed by atoms with Crippen molar-refractivity contribution >= 4 is 21.9 Å². The fourth-order valence-corrected chi connectivity index (χ4v) is 3.01. The van der Waals surface area contributed by atoms with Gasteiger partial charge in [-0.3, -0.25) is 4.90 Å². The first kappa shape index (κ1) is 15.5. The number of methoxy groups -OCH3 is 2. The summed E-state index contributed by atoms with van der Waals surface area (Å²) in [5.74, 6) is -0.310. The van der Waals surface area contributed by atoms with E-state index in [1.165, 1.54) is 12.7 Å². The van der Waals surface area contributed by atoms with Crippen molar-refractivity contribution < 1.29 is 14.3 Å². The topological polar surface area (TPSA) is 38.8 Å². The zero-order valence-electron chi connectivity index (χ0n) is 11.9. The number of hydrogen-bond acceptors (Lipinski definition) is 4. The molecule has 0 bridgehead atoms. The number of nitrogens with zero attached hydrogens (tertiary/aromatic N) is 1. The zero-order valence-corrected chi connectivity index (χ0v) is 13.5. The molecule has 1 saturated heterocycles. The van der Waals surface area contributed by atoms with Crippen LogP contribution >= 0.6 is 15.9 Å². The van der Waals surface area contributed by atoms with Gasteiger partial charge in [-0.2, -0.15) is 0 Å². The summed E-state index contributed by atoms with van der Waals surface area (Å²) in [5, 5.41) is 0. The third-order valence-electron chi connectivity index (χ3n) is 3.66. The molecule has 5 heteroatoms. The summed E-state index contributed by atoms with van der Waals surface area (Å²) in [6.07, 6.45) is 2.63. The average Bonchev–Trinajstić information content (AvgIpc) is 2.48. The molecule has 4 nitrogen and oxygen atoms in total. The van der Waals surface area contributed by atoms with Crippen molar-refractivity contribution in [1.29, 1.82) is 0 Å². The van der Waals surface area contributed by atoms with Gasteiger partial charge in [0.25, 0.3) is 0 Å². The molecule has 2 rings (SSSR count). The summed E-state index contributed by atoms with van der Waals surface area (Å²) >= 11 is 3.54. The Hall–Kier alpha value is -0.910. The van der Waals surface area contributed by atoms with Crippen LogP contribution < -0.4 is 0 Å². The van der Waals surface area contributed by atoms with E-state index in [9.17, 15) is 4.79 Å². The van der Waals surface area contributed by atoms with Gasteiger partial charge in [0.05, 0.1) is 18.8 Å². The highest BCUT2D eigenvalue weighted by Gasteiger charge is 2.20. The SMILES string of the molecule is COC(=O)c1ccc(CN2CCCC(OC)C2)c(Br)c1. The molecule has 110 valence electrons. The van der Waals surface area contributed by atoms with Crippen LogP contribution in [-0.4, -0.2) is 44.3 Å². The molecule has 20 heavy (non-hydrogen) atoms. The summed E-state index contributed by atoms with van der Waals surface area (Å²) in [6.45, 7) is 2.91. The fraction of sp³-hybridized carbons (Fsp3) is 0.533. The van der Waals surface area contributed by atoms with Gasteiger partial charge in [0.1, 0.15) is 0 Å². The second-order valence-corrected chi connectivity index (χ2v) is 5.89. The van der Waals surface area contributed by atoms with Crippen molar-refractivity contribution in [3.63, 3.8) is 0 Å². The van der Waals surface area contributed by atoms with Crippen LogP contribution in [0.3, 0.4) is 0 Å². The average molecular weight is 342 g/mol. The van der Waals surface area contributed by atoms with Crippen LogP contribution in [0.25, 0.3) is 0 Å². The van der Waals surface area contributed by atoms with E-state index in [1.807, 2.05) is 18.2 Å². The molecule has 1 aromatic rings. The van der Waals surface area contributed by atoms with E-state index in [2.05, 4.69) is 20.8 Å². The van der Waals surface area contributed by atoms with Crippen molar-refractivity contribution in [2.24, 2.45) is 0 Å². The molecule has 0 amide bonds. The van der Waals surface area contributed by atoms with Crippen molar-refractivity contribution in [1.82, 2.24) is 4.90 Å². The number of rotatable bonds is 4. The Bertz CT molecular complexity index is 478. The third-order valence-corrected chi connectivity index (χ3v) is 4.40. The maximum Gasteiger partial charge on any atom is 0.337 e. The lowest BCUT2D eigenvalue weighted by Crippen LogP contribution is -2.38. The predicted molar refractivity (Wildman–Crippen MR) is 80.8 cm³/mol. The molecular formula is C15H20BrNO3. The molecule has 0 radical (unpaired) electrons. The Morgan fingerprint density at radius 1 is 1.45 bits per heavy atom. The summed E-state index contributed by atoms with van der Waals surface area (Å²) in [4.78, 5) is 13.9. The number of hydrogen-bond donors (Lipinski definition) is 0. The van der Waals surface area contributed by atoms with Gasteiger partial charge in [-0.25, -0.2) is 4.79 Å².